The summed E-state index contributed by atoms with van der Waals surface area (Å²) in [5.74, 6) is 0.199. The number of benzene rings is 1. The van der Waals surface area contributed by atoms with Gasteiger partial charge < -0.3 is 15.5 Å². The first-order valence-corrected chi connectivity index (χ1v) is 13.6. The Morgan fingerprint density at radius 3 is 2.78 bits per heavy atom. The Morgan fingerprint density at radius 2 is 2.08 bits per heavy atom. The van der Waals surface area contributed by atoms with Crippen LogP contribution in [0.2, 0.25) is 5.02 Å². The van der Waals surface area contributed by atoms with Crippen LogP contribution in [0.15, 0.2) is 42.3 Å². The van der Waals surface area contributed by atoms with Crippen molar-refractivity contribution in [3.8, 4) is 5.69 Å². The lowest BCUT2D eigenvalue weighted by atomic mass is 10.0. The van der Waals surface area contributed by atoms with Gasteiger partial charge in [0.05, 0.1) is 11.7 Å². The first kappa shape index (κ1) is 26.3. The Balaban J connectivity index is 1.42. The van der Waals surface area contributed by atoms with Crippen molar-refractivity contribution in [3.63, 3.8) is 0 Å². The van der Waals surface area contributed by atoms with Crippen LogP contribution in [-0.4, -0.2) is 50.1 Å². The maximum atomic E-state index is 13.6. The Kier molecular flexibility index (Phi) is 8.77. The van der Waals surface area contributed by atoms with E-state index in [9.17, 15) is 9.59 Å². The second-order valence-corrected chi connectivity index (χ2v) is 11.2. The summed E-state index contributed by atoms with van der Waals surface area (Å²) in [4.78, 5) is 33.9. The summed E-state index contributed by atoms with van der Waals surface area (Å²) in [6.45, 7) is 7.81. The van der Waals surface area contributed by atoms with Gasteiger partial charge in [-0.25, -0.2) is 9.67 Å². The van der Waals surface area contributed by atoms with Crippen LogP contribution in [0.25, 0.3) is 5.69 Å². The van der Waals surface area contributed by atoms with Crippen LogP contribution in [0, 0.1) is 12.8 Å². The number of hydrogen-bond donors (Lipinski definition) is 2. The molecule has 8 nitrogen and oxygen atoms in total. The second-order valence-electron chi connectivity index (χ2n) is 9.65. The van der Waals surface area contributed by atoms with E-state index in [4.69, 9.17) is 11.6 Å². The number of carbonyl (C=O) groups is 2. The van der Waals surface area contributed by atoms with Gasteiger partial charge in [-0.2, -0.15) is 5.10 Å². The van der Waals surface area contributed by atoms with E-state index in [1.165, 1.54) is 16.8 Å². The number of likely N-dealkylation sites (tertiary alicyclic amines) is 1. The smallest absolute Gasteiger partial charge is 0.243 e. The fourth-order valence-corrected chi connectivity index (χ4v) is 5.53. The lowest BCUT2D eigenvalue weighted by molar-refractivity contribution is -0.140. The standard InChI is InChI=1S/C26H33ClN6O2S/c1-17(2)9-22(29-12-19-10-18(3)36-14-19)26(35)32-8-4-5-24(32)25(34)30-13-20-11-21(27)6-7-23(20)33-16-28-15-31-33/h6-7,10-11,14-17,22,24,29H,4-5,8-9,12-13H2,1-3H3,(H,30,34)/t22-,24-/m0/s1. The molecule has 1 saturated heterocycles. The third-order valence-electron chi connectivity index (χ3n) is 6.34. The molecule has 1 aliphatic rings. The summed E-state index contributed by atoms with van der Waals surface area (Å²) < 4.78 is 1.64. The van der Waals surface area contributed by atoms with Crippen molar-refractivity contribution in [1.82, 2.24) is 30.3 Å². The molecule has 3 aromatic rings. The van der Waals surface area contributed by atoms with Crippen LogP contribution in [0.5, 0.6) is 0 Å². The molecule has 192 valence electrons. The summed E-state index contributed by atoms with van der Waals surface area (Å²) in [7, 11) is 0. The summed E-state index contributed by atoms with van der Waals surface area (Å²) in [6, 6.07) is 6.77. The van der Waals surface area contributed by atoms with Crippen molar-refractivity contribution < 1.29 is 9.59 Å². The van der Waals surface area contributed by atoms with Crippen LogP contribution >= 0.6 is 22.9 Å². The number of amides is 2. The minimum atomic E-state index is -0.480. The molecule has 1 aliphatic heterocycles. The van der Waals surface area contributed by atoms with Gasteiger partial charge in [0.1, 0.15) is 18.7 Å². The SMILES string of the molecule is Cc1cc(CN[C@@H](CC(C)C)C(=O)N2CCC[C@H]2C(=O)NCc2cc(Cl)ccc2-n2cncn2)cs1. The van der Waals surface area contributed by atoms with Gasteiger partial charge in [0.2, 0.25) is 11.8 Å². The third-order valence-corrected chi connectivity index (χ3v) is 7.49. The van der Waals surface area contributed by atoms with E-state index in [0.29, 0.717) is 30.5 Å². The van der Waals surface area contributed by atoms with Crippen molar-refractivity contribution in [3.05, 3.63) is 63.3 Å². The molecule has 2 N–H and O–H groups in total. The van der Waals surface area contributed by atoms with Crippen molar-refractivity contribution in [2.24, 2.45) is 5.92 Å². The molecule has 4 rings (SSSR count). The minimum absolute atomic E-state index is 0.000591. The number of aromatic nitrogens is 3. The summed E-state index contributed by atoms with van der Waals surface area (Å²) in [6.07, 6.45) is 5.24. The Hall–Kier alpha value is -2.75. The largest absolute Gasteiger partial charge is 0.350 e. The first-order chi connectivity index (χ1) is 17.3. The fourth-order valence-electron chi connectivity index (χ4n) is 4.63. The van der Waals surface area contributed by atoms with E-state index >= 15 is 0 Å². The number of nitrogens with one attached hydrogen (secondary N) is 2. The van der Waals surface area contributed by atoms with E-state index in [-0.39, 0.29) is 24.4 Å². The molecule has 2 amide bonds. The van der Waals surface area contributed by atoms with E-state index in [2.05, 4.69) is 52.9 Å². The molecule has 0 saturated carbocycles. The van der Waals surface area contributed by atoms with Crippen molar-refractivity contribution in [2.45, 2.75) is 65.2 Å². The normalized spacial score (nSPS) is 16.5. The summed E-state index contributed by atoms with van der Waals surface area (Å²) >= 11 is 7.93. The lowest BCUT2D eigenvalue weighted by Crippen LogP contribution is -2.52. The van der Waals surface area contributed by atoms with Crippen LogP contribution in [-0.2, 0) is 22.7 Å². The molecule has 10 heteroatoms. The average Bonchev–Trinajstić information content (AvgIpc) is 3.61. The molecule has 0 aliphatic carbocycles. The zero-order chi connectivity index (χ0) is 25.7. The molecular formula is C26H33ClN6O2S. The van der Waals surface area contributed by atoms with Gasteiger partial charge in [-0.3, -0.25) is 9.59 Å². The molecule has 0 bridgehead atoms. The van der Waals surface area contributed by atoms with Gasteiger partial charge in [0.15, 0.2) is 0 Å². The van der Waals surface area contributed by atoms with E-state index < -0.39 is 6.04 Å². The zero-order valence-corrected chi connectivity index (χ0v) is 22.5. The number of nitrogens with zero attached hydrogens (tertiary/aromatic N) is 4. The monoisotopic (exact) mass is 528 g/mol. The number of thiophene rings is 1. The van der Waals surface area contributed by atoms with E-state index in [0.717, 1.165) is 24.1 Å². The van der Waals surface area contributed by atoms with Gasteiger partial charge in [0, 0.05) is 29.5 Å². The molecule has 1 aromatic carbocycles. The molecule has 0 spiro atoms. The molecular weight excluding hydrogens is 496 g/mol. The molecule has 1 fully saturated rings. The van der Waals surface area contributed by atoms with Gasteiger partial charge in [0.25, 0.3) is 0 Å². The molecule has 2 aromatic heterocycles. The predicted octanol–water partition coefficient (Wildman–Crippen LogP) is 4.10. The van der Waals surface area contributed by atoms with Crippen LogP contribution in [0.4, 0.5) is 0 Å². The number of rotatable bonds is 10. The quantitative estimate of drug-likeness (QED) is 0.413. The van der Waals surface area contributed by atoms with Crippen LogP contribution in [0.1, 0.15) is 49.1 Å². The number of hydrogen-bond acceptors (Lipinski definition) is 6. The van der Waals surface area contributed by atoms with Crippen LogP contribution in [0.3, 0.4) is 0 Å². The van der Waals surface area contributed by atoms with Crippen molar-refractivity contribution in [2.75, 3.05) is 6.54 Å². The topological polar surface area (TPSA) is 92.2 Å². The highest BCUT2D eigenvalue weighted by Gasteiger charge is 2.37. The molecule has 2 atom stereocenters. The molecule has 36 heavy (non-hydrogen) atoms. The Labute approximate surface area is 221 Å². The van der Waals surface area contributed by atoms with E-state index in [1.807, 2.05) is 12.1 Å². The van der Waals surface area contributed by atoms with Gasteiger partial charge in [-0.05, 0) is 72.9 Å². The minimum Gasteiger partial charge on any atom is -0.350 e. The number of halogens is 1. The van der Waals surface area contributed by atoms with Crippen molar-refractivity contribution >= 4 is 34.8 Å². The fraction of sp³-hybridized carbons (Fsp3) is 0.462. The third kappa shape index (κ3) is 6.52. The molecule has 3 heterocycles. The van der Waals surface area contributed by atoms with Crippen LogP contribution < -0.4 is 10.6 Å². The summed E-state index contributed by atoms with van der Waals surface area (Å²) in [5.41, 5.74) is 2.79. The van der Waals surface area contributed by atoms with E-state index in [1.54, 1.807) is 33.3 Å². The zero-order valence-electron chi connectivity index (χ0n) is 20.9. The van der Waals surface area contributed by atoms with Gasteiger partial charge in [-0.1, -0.05) is 25.4 Å². The Morgan fingerprint density at radius 1 is 1.25 bits per heavy atom. The maximum Gasteiger partial charge on any atom is 0.243 e. The second kappa shape index (κ2) is 12.0. The Bertz CT molecular complexity index is 1180. The molecule has 0 radical (unpaired) electrons. The average molecular weight is 529 g/mol. The maximum absolute atomic E-state index is 13.6. The highest BCUT2D eigenvalue weighted by molar-refractivity contribution is 7.10. The summed E-state index contributed by atoms with van der Waals surface area (Å²) in [5, 5.41) is 13.4. The number of carbonyl (C=O) groups excluding carboxylic acids is 2. The highest BCUT2D eigenvalue weighted by atomic mass is 35.5. The number of aryl methyl sites for hydroxylation is 1. The molecule has 0 unspecified atom stereocenters. The first-order valence-electron chi connectivity index (χ1n) is 12.3. The lowest BCUT2D eigenvalue weighted by Gasteiger charge is -2.29. The van der Waals surface area contributed by atoms with Gasteiger partial charge in [-0.15, -0.1) is 11.3 Å². The highest BCUT2D eigenvalue weighted by Crippen LogP contribution is 2.23. The van der Waals surface area contributed by atoms with Gasteiger partial charge >= 0.3 is 0 Å². The van der Waals surface area contributed by atoms with Crippen molar-refractivity contribution in [1.29, 1.82) is 0 Å². The predicted molar refractivity (Wildman–Crippen MR) is 142 cm³/mol.